The first-order chi connectivity index (χ1) is 34.0. The van der Waals surface area contributed by atoms with Gasteiger partial charge in [-0.1, -0.05) is 72.8 Å². The summed E-state index contributed by atoms with van der Waals surface area (Å²) in [6, 6.07) is 32.2. The number of nitrogens with zero attached hydrogens (tertiary/aromatic N) is 8. The lowest BCUT2D eigenvalue weighted by Crippen LogP contribution is -2.56. The fourth-order valence-electron chi connectivity index (χ4n) is 13.5. The Morgan fingerprint density at radius 2 is 1.10 bits per heavy atom. The first-order valence-corrected chi connectivity index (χ1v) is 25.4. The van der Waals surface area contributed by atoms with Gasteiger partial charge in [0.15, 0.2) is 11.4 Å². The first-order valence-electron chi connectivity index (χ1n) is 25.4. The Bertz CT molecular complexity index is 3520. The minimum absolute atomic E-state index is 0.00850. The van der Waals surface area contributed by atoms with Gasteiger partial charge in [0.05, 0.1) is 39.2 Å². The van der Waals surface area contributed by atoms with Crippen LogP contribution in [0.1, 0.15) is 127 Å². The molecule has 6 saturated carbocycles. The summed E-state index contributed by atoms with van der Waals surface area (Å²) >= 11 is 0. The van der Waals surface area contributed by atoms with Gasteiger partial charge in [-0.3, -0.25) is 28.5 Å². The predicted molar refractivity (Wildman–Crippen MR) is 269 cm³/mol. The molecule has 14 rings (SSSR count). The molecule has 6 fully saturated rings. The molecule has 8 aromatic rings. The number of aryl methyl sites for hydroxylation is 2. The molecule has 356 valence electrons. The van der Waals surface area contributed by atoms with Gasteiger partial charge in [0, 0.05) is 66.6 Å². The zero-order chi connectivity index (χ0) is 47.6. The van der Waals surface area contributed by atoms with Gasteiger partial charge in [-0.2, -0.15) is 20.4 Å². The van der Waals surface area contributed by atoms with Crippen LogP contribution in [-0.2, 0) is 14.1 Å². The number of hydrogen-bond donors (Lipinski definition) is 2. The third-order valence-corrected chi connectivity index (χ3v) is 17.4. The number of aromatic amines is 1. The van der Waals surface area contributed by atoms with Crippen LogP contribution in [0.25, 0.3) is 43.4 Å². The van der Waals surface area contributed by atoms with Crippen molar-refractivity contribution in [3.8, 4) is 0 Å². The van der Waals surface area contributed by atoms with Crippen LogP contribution in [-0.4, -0.2) is 75.4 Å². The predicted octanol–water partition coefficient (Wildman–Crippen LogP) is 8.71. The van der Waals surface area contributed by atoms with Crippen LogP contribution >= 0.6 is 0 Å². The van der Waals surface area contributed by atoms with Gasteiger partial charge in [-0.15, -0.1) is 0 Å². The number of rotatable bonds is 9. The molecule has 0 unspecified atom stereocenters. The second-order valence-corrected chi connectivity index (χ2v) is 22.1. The van der Waals surface area contributed by atoms with Crippen molar-refractivity contribution in [2.24, 2.45) is 36.8 Å². The molecular weight excluding hydrogens is 877 g/mol. The average molecular weight is 935 g/mol. The monoisotopic (exact) mass is 934 g/mol. The highest BCUT2D eigenvalue weighted by Gasteiger charge is 2.56. The van der Waals surface area contributed by atoms with Crippen molar-refractivity contribution in [1.29, 1.82) is 0 Å². The van der Waals surface area contributed by atoms with E-state index in [1.807, 2.05) is 122 Å². The highest BCUT2D eigenvalue weighted by molar-refractivity contribution is 6.05. The van der Waals surface area contributed by atoms with Crippen molar-refractivity contribution < 1.29 is 9.59 Å². The molecule has 70 heavy (non-hydrogen) atoms. The summed E-state index contributed by atoms with van der Waals surface area (Å²) in [4.78, 5) is 53.7. The van der Waals surface area contributed by atoms with Crippen LogP contribution in [0.5, 0.6) is 0 Å². The molecule has 0 aliphatic heterocycles. The van der Waals surface area contributed by atoms with Crippen molar-refractivity contribution in [3.05, 3.63) is 141 Å². The van der Waals surface area contributed by atoms with E-state index in [1.165, 1.54) is 25.7 Å². The smallest absolute Gasteiger partial charge is 0.274 e. The number of carbonyl (C=O) groups is 2. The van der Waals surface area contributed by atoms with Gasteiger partial charge >= 0.3 is 0 Å². The lowest BCUT2D eigenvalue weighted by molar-refractivity contribution is -0.0531. The molecule has 6 aliphatic carbocycles. The molecule has 0 bridgehead atoms. The molecule has 0 atom stereocenters. The molecular formula is C56H58N10O4. The third-order valence-electron chi connectivity index (χ3n) is 17.4. The van der Waals surface area contributed by atoms with Gasteiger partial charge in [0.25, 0.3) is 22.9 Å². The lowest BCUT2D eigenvalue weighted by atomic mass is 9.49. The molecule has 2 N–H and O–H groups in total. The van der Waals surface area contributed by atoms with Crippen LogP contribution < -0.4 is 16.4 Å². The minimum atomic E-state index is -0.135. The van der Waals surface area contributed by atoms with Gasteiger partial charge in [-0.25, -0.2) is 9.78 Å². The van der Waals surface area contributed by atoms with Crippen LogP contribution in [0, 0.1) is 22.7 Å². The number of benzene rings is 4. The number of nitrogens with one attached hydrogen (secondary N) is 2. The molecule has 4 aromatic carbocycles. The Morgan fingerprint density at radius 1 is 0.614 bits per heavy atom. The van der Waals surface area contributed by atoms with E-state index in [4.69, 9.17) is 5.10 Å². The number of aromatic nitrogens is 8. The van der Waals surface area contributed by atoms with E-state index >= 15 is 0 Å². The summed E-state index contributed by atoms with van der Waals surface area (Å²) in [7, 11) is 5.65. The minimum Gasteiger partial charge on any atom is -0.348 e. The highest BCUT2D eigenvalue weighted by atomic mass is 16.2. The van der Waals surface area contributed by atoms with E-state index in [-0.39, 0.29) is 51.9 Å². The number of fused-ring (bicyclic) bond motifs is 4. The van der Waals surface area contributed by atoms with E-state index in [2.05, 4.69) is 31.8 Å². The van der Waals surface area contributed by atoms with Crippen molar-refractivity contribution in [1.82, 2.24) is 49.8 Å². The summed E-state index contributed by atoms with van der Waals surface area (Å²) in [5.74, 6) is 1.90. The molecule has 4 heterocycles. The van der Waals surface area contributed by atoms with Gasteiger partial charge < -0.3 is 10.2 Å². The van der Waals surface area contributed by atoms with Gasteiger partial charge in [0.2, 0.25) is 0 Å². The second kappa shape index (κ2) is 16.0. The molecule has 6 aliphatic rings. The fraction of sp³-hybridized carbons (Fsp3) is 0.429. The largest absolute Gasteiger partial charge is 0.348 e. The Morgan fingerprint density at radius 3 is 1.70 bits per heavy atom. The van der Waals surface area contributed by atoms with E-state index in [1.54, 1.807) is 9.36 Å². The Labute approximate surface area is 404 Å². The van der Waals surface area contributed by atoms with Crippen molar-refractivity contribution in [2.45, 2.75) is 107 Å². The molecule has 2 amide bonds. The molecule has 14 heteroatoms. The maximum atomic E-state index is 13.5. The van der Waals surface area contributed by atoms with Crippen LogP contribution in [0.2, 0.25) is 0 Å². The zero-order valence-corrected chi connectivity index (χ0v) is 40.0. The van der Waals surface area contributed by atoms with Crippen molar-refractivity contribution >= 4 is 55.2 Å². The van der Waals surface area contributed by atoms with E-state index in [0.717, 1.165) is 101 Å². The zero-order valence-electron chi connectivity index (χ0n) is 40.0. The SMILES string of the molecule is CN(C(=O)c1nn(C)c2ccccc12)C1CC2(CC(c3n[nH]c(=O)c4ccccc34)C2)C1.Cn1nc(C(=O)NC2CC3(C2)CC(c2nn(C(C4CC4)C4CC4)c(=O)c4ccccc24)C3)c2ccccc21. The van der Waals surface area contributed by atoms with Crippen molar-refractivity contribution in [2.75, 3.05) is 7.05 Å². The maximum Gasteiger partial charge on any atom is 0.274 e. The molecule has 0 radical (unpaired) electrons. The molecule has 4 aromatic heterocycles. The highest BCUT2D eigenvalue weighted by Crippen LogP contribution is 2.64. The van der Waals surface area contributed by atoms with Gasteiger partial charge in [0.1, 0.15) is 0 Å². The Hall–Kier alpha value is -6.96. The van der Waals surface area contributed by atoms with Crippen LogP contribution in [0.4, 0.5) is 0 Å². The topological polar surface area (TPSA) is 166 Å². The van der Waals surface area contributed by atoms with Crippen LogP contribution in [0.3, 0.4) is 0 Å². The summed E-state index contributed by atoms with van der Waals surface area (Å²) in [5.41, 5.74) is 5.62. The molecule has 14 nitrogen and oxygen atoms in total. The summed E-state index contributed by atoms with van der Waals surface area (Å²) < 4.78 is 5.45. The molecule has 2 spiro atoms. The van der Waals surface area contributed by atoms with E-state index in [9.17, 15) is 19.2 Å². The molecule has 0 saturated heterocycles. The quantitative estimate of drug-likeness (QED) is 0.145. The summed E-state index contributed by atoms with van der Waals surface area (Å²) in [5, 5.41) is 29.7. The summed E-state index contributed by atoms with van der Waals surface area (Å²) in [6.45, 7) is 0. The first kappa shape index (κ1) is 43.1. The number of carbonyl (C=O) groups excluding carboxylic acids is 2. The second-order valence-electron chi connectivity index (χ2n) is 22.1. The number of H-pyrrole nitrogens is 1. The van der Waals surface area contributed by atoms with Gasteiger partial charge in [-0.05, 0) is 124 Å². The number of amides is 2. The Kier molecular flexibility index (Phi) is 9.87. The van der Waals surface area contributed by atoms with E-state index in [0.29, 0.717) is 40.4 Å². The lowest BCUT2D eigenvalue weighted by Gasteiger charge is -2.59. The standard InChI is InChI=1S/C31H33N5O2.C25H25N5O2/c1-35-25-9-5-4-8-24(25)27(33-35)29(37)32-21-16-31(17-21)14-20(15-31)26-22-6-2-3-7-23(22)30(38)36(34-26)28(18-10-11-18)19-12-13-19;1-29(24(32)22-19-9-5-6-10-20(19)30(2)28-22)16-13-25(14-16)11-15(12-25)21-17-7-3-4-8-18(17)23(31)27-26-21/h2-9,18-21,28H,10-17H2,1H3,(H,32,37);3-10,15-16H,11-14H2,1-2H3,(H,27,31). The van der Waals surface area contributed by atoms with Crippen molar-refractivity contribution in [3.63, 3.8) is 0 Å². The normalized spacial score (nSPS) is 25.6. The number of hydrogen-bond acceptors (Lipinski definition) is 8. The summed E-state index contributed by atoms with van der Waals surface area (Å²) in [6.07, 6.45) is 13.2. The average Bonchev–Trinajstić information content (AvgIpc) is 4.28. The van der Waals surface area contributed by atoms with Crippen LogP contribution in [0.15, 0.2) is 107 Å². The van der Waals surface area contributed by atoms with E-state index < -0.39 is 0 Å². The Balaban J connectivity index is 0.000000139. The maximum absolute atomic E-state index is 13.5. The fourth-order valence-corrected chi connectivity index (χ4v) is 13.5. The number of para-hydroxylation sites is 2. The third kappa shape index (κ3) is 7.10.